The first-order chi connectivity index (χ1) is 13.5. The molecule has 0 aliphatic carbocycles. The van der Waals surface area contributed by atoms with Gasteiger partial charge in [-0.25, -0.2) is 4.79 Å². The zero-order chi connectivity index (χ0) is 20.6. The van der Waals surface area contributed by atoms with E-state index in [1.807, 2.05) is 24.3 Å². The van der Waals surface area contributed by atoms with Gasteiger partial charge in [0.05, 0.1) is 21.3 Å². The zero-order valence-electron chi connectivity index (χ0n) is 16.0. The number of nitrogens with one attached hydrogen (secondary N) is 1. The molecule has 1 aromatic carbocycles. The van der Waals surface area contributed by atoms with Gasteiger partial charge in [0.25, 0.3) is 0 Å². The van der Waals surface area contributed by atoms with Crippen LogP contribution >= 0.6 is 0 Å². The van der Waals surface area contributed by atoms with Crippen LogP contribution < -0.4 is 0 Å². The Balaban J connectivity index is 2.32. The average molecular weight is 389 g/mol. The molecule has 2 aromatic rings. The van der Waals surface area contributed by atoms with E-state index in [1.54, 1.807) is 12.3 Å². The maximum Gasteiger partial charge on any atom is 0.508 e. The van der Waals surface area contributed by atoms with Crippen molar-refractivity contribution in [2.75, 3.05) is 27.9 Å². The summed E-state index contributed by atoms with van der Waals surface area (Å²) in [5, 5.41) is 0.901. The molecule has 0 radical (unpaired) electrons. The molecule has 0 saturated heterocycles. The highest BCUT2D eigenvalue weighted by atomic mass is 16.7. The lowest BCUT2D eigenvalue weighted by atomic mass is 9.78. The number of methoxy groups -OCH3 is 3. The molecule has 28 heavy (non-hydrogen) atoms. The highest BCUT2D eigenvalue weighted by molar-refractivity contribution is 6.01. The van der Waals surface area contributed by atoms with Crippen LogP contribution in [0.2, 0.25) is 0 Å². The van der Waals surface area contributed by atoms with Crippen molar-refractivity contribution < 1.29 is 33.3 Å². The lowest BCUT2D eigenvalue weighted by molar-refractivity contribution is -0.168. The van der Waals surface area contributed by atoms with Crippen LogP contribution in [0.5, 0.6) is 0 Å². The van der Waals surface area contributed by atoms with E-state index < -0.39 is 23.5 Å². The second-order valence-electron chi connectivity index (χ2n) is 6.04. The van der Waals surface area contributed by atoms with Crippen LogP contribution in [0, 0.1) is 5.41 Å². The van der Waals surface area contributed by atoms with E-state index in [0.29, 0.717) is 0 Å². The topological polar surface area (TPSA) is 104 Å². The molecule has 0 amide bonds. The van der Waals surface area contributed by atoms with Gasteiger partial charge in [-0.2, -0.15) is 0 Å². The Hall–Kier alpha value is -3.29. The number of carbonyl (C=O) groups excluding carboxylic acids is 3. The van der Waals surface area contributed by atoms with Crippen LogP contribution in [0.25, 0.3) is 10.9 Å². The Morgan fingerprint density at radius 1 is 1.00 bits per heavy atom. The quantitative estimate of drug-likeness (QED) is 0.320. The summed E-state index contributed by atoms with van der Waals surface area (Å²) in [5.74, 6) is -1.41. The maximum atomic E-state index is 12.6. The third-order valence-electron chi connectivity index (χ3n) is 4.42. The minimum absolute atomic E-state index is 0.0103. The van der Waals surface area contributed by atoms with Crippen LogP contribution in [0.3, 0.4) is 0 Å². The number of aromatic nitrogens is 1. The molecule has 0 saturated carbocycles. The number of allylic oxidation sites excluding steroid dienone is 1. The van der Waals surface area contributed by atoms with Gasteiger partial charge in [-0.15, -0.1) is 0 Å². The van der Waals surface area contributed by atoms with E-state index in [2.05, 4.69) is 9.72 Å². The molecule has 0 unspecified atom stereocenters. The summed E-state index contributed by atoms with van der Waals surface area (Å²) in [6, 6.07) is 7.57. The molecule has 8 nitrogen and oxygen atoms in total. The average Bonchev–Trinajstić information content (AvgIpc) is 3.13. The number of hydrogen-bond donors (Lipinski definition) is 1. The number of ether oxygens (including phenoxy) is 4. The van der Waals surface area contributed by atoms with Gasteiger partial charge in [0.1, 0.15) is 6.61 Å². The van der Waals surface area contributed by atoms with E-state index in [0.717, 1.165) is 16.5 Å². The van der Waals surface area contributed by atoms with Crippen molar-refractivity contribution in [3.05, 3.63) is 48.2 Å². The molecule has 1 aromatic heterocycles. The number of carbonyl (C=O) groups is 3. The smallest absolute Gasteiger partial charge is 0.468 e. The molecule has 0 fully saturated rings. The molecular formula is C20H23NO7. The Kier molecular flexibility index (Phi) is 7.20. The van der Waals surface area contributed by atoms with Gasteiger partial charge in [0.15, 0.2) is 5.41 Å². The van der Waals surface area contributed by atoms with Crippen LogP contribution in [-0.4, -0.2) is 51.0 Å². The molecule has 0 aliphatic heterocycles. The first kappa shape index (κ1) is 21.0. The molecule has 150 valence electrons. The van der Waals surface area contributed by atoms with Crippen LogP contribution in [0.4, 0.5) is 4.79 Å². The Bertz CT molecular complexity index is 852. The maximum absolute atomic E-state index is 12.6. The van der Waals surface area contributed by atoms with Crippen molar-refractivity contribution in [3.63, 3.8) is 0 Å². The molecule has 2 rings (SSSR count). The fourth-order valence-corrected chi connectivity index (χ4v) is 2.99. The number of aromatic amines is 1. The lowest BCUT2D eigenvalue weighted by Crippen LogP contribution is -2.42. The standard InChI is InChI=1S/C20H23NO7/c1-25-17(22)20(18(23)26-2,10-6-7-11-28-19(24)27-3)12-14-13-21-16-9-5-4-8-15(14)16/h4-9,13,21H,10-12H2,1-3H3/b7-6+. The molecule has 0 atom stereocenters. The van der Waals surface area contributed by atoms with E-state index in [4.69, 9.17) is 14.2 Å². The SMILES string of the molecule is COC(=O)OC/C=C/CC(Cc1c[nH]c2ccccc12)(C(=O)OC)C(=O)OC. The van der Waals surface area contributed by atoms with Gasteiger partial charge in [-0.1, -0.05) is 30.4 Å². The second-order valence-corrected chi connectivity index (χ2v) is 6.04. The summed E-state index contributed by atoms with van der Waals surface area (Å²) in [5.41, 5.74) is 0.102. The number of para-hydroxylation sites is 1. The number of esters is 2. The van der Waals surface area contributed by atoms with Crippen molar-refractivity contribution in [2.24, 2.45) is 5.41 Å². The number of rotatable bonds is 8. The number of H-pyrrole nitrogens is 1. The van der Waals surface area contributed by atoms with Crippen molar-refractivity contribution in [3.8, 4) is 0 Å². The molecule has 0 aliphatic rings. The van der Waals surface area contributed by atoms with Crippen LogP contribution in [-0.2, 0) is 35.0 Å². The van der Waals surface area contributed by atoms with E-state index in [9.17, 15) is 14.4 Å². The summed E-state index contributed by atoms with van der Waals surface area (Å²) in [4.78, 5) is 39.4. The molecular weight excluding hydrogens is 366 g/mol. The fraction of sp³-hybridized carbons (Fsp3) is 0.350. The number of benzene rings is 1. The Morgan fingerprint density at radius 3 is 2.32 bits per heavy atom. The molecule has 0 spiro atoms. The fourth-order valence-electron chi connectivity index (χ4n) is 2.99. The van der Waals surface area contributed by atoms with Gasteiger partial charge in [-0.05, 0) is 18.1 Å². The third-order valence-corrected chi connectivity index (χ3v) is 4.42. The van der Waals surface area contributed by atoms with E-state index in [1.165, 1.54) is 27.4 Å². The summed E-state index contributed by atoms with van der Waals surface area (Å²) in [6.45, 7) is -0.0574. The second kappa shape index (κ2) is 9.59. The molecule has 8 heteroatoms. The monoisotopic (exact) mass is 389 g/mol. The van der Waals surface area contributed by atoms with Gasteiger partial charge >= 0.3 is 18.1 Å². The third kappa shape index (κ3) is 4.51. The predicted molar refractivity (Wildman–Crippen MR) is 101 cm³/mol. The lowest BCUT2D eigenvalue weighted by Gasteiger charge is -2.27. The Morgan fingerprint density at radius 2 is 1.68 bits per heavy atom. The molecule has 1 N–H and O–H groups in total. The summed E-state index contributed by atoms with van der Waals surface area (Å²) in [6.07, 6.45) is 4.12. The highest BCUT2D eigenvalue weighted by Crippen LogP contribution is 2.34. The van der Waals surface area contributed by atoms with E-state index in [-0.39, 0.29) is 19.4 Å². The zero-order valence-corrected chi connectivity index (χ0v) is 16.0. The Labute approximate surface area is 162 Å². The van der Waals surface area contributed by atoms with Crippen LogP contribution in [0.15, 0.2) is 42.6 Å². The van der Waals surface area contributed by atoms with Gasteiger partial charge in [0, 0.05) is 23.5 Å². The summed E-state index contributed by atoms with van der Waals surface area (Å²) < 4.78 is 19.0. The number of hydrogen-bond acceptors (Lipinski definition) is 7. The van der Waals surface area contributed by atoms with Crippen molar-refractivity contribution in [2.45, 2.75) is 12.8 Å². The van der Waals surface area contributed by atoms with Gasteiger partial charge < -0.3 is 23.9 Å². The largest absolute Gasteiger partial charge is 0.508 e. The minimum atomic E-state index is -1.57. The van der Waals surface area contributed by atoms with Crippen molar-refractivity contribution in [1.29, 1.82) is 0 Å². The summed E-state index contributed by atoms with van der Waals surface area (Å²) in [7, 11) is 3.64. The minimum Gasteiger partial charge on any atom is -0.468 e. The number of fused-ring (bicyclic) bond motifs is 1. The van der Waals surface area contributed by atoms with Gasteiger partial charge in [0.2, 0.25) is 0 Å². The van der Waals surface area contributed by atoms with Crippen molar-refractivity contribution >= 4 is 29.0 Å². The molecule has 1 heterocycles. The first-order valence-electron chi connectivity index (χ1n) is 8.56. The highest BCUT2D eigenvalue weighted by Gasteiger charge is 2.48. The first-order valence-corrected chi connectivity index (χ1v) is 8.56. The predicted octanol–water partition coefficient (Wildman–Crippen LogP) is 2.77. The van der Waals surface area contributed by atoms with Crippen LogP contribution in [0.1, 0.15) is 12.0 Å². The normalized spacial score (nSPS) is 11.4. The molecule has 0 bridgehead atoms. The van der Waals surface area contributed by atoms with Gasteiger partial charge in [-0.3, -0.25) is 9.59 Å². The van der Waals surface area contributed by atoms with E-state index >= 15 is 0 Å². The van der Waals surface area contributed by atoms with Crippen molar-refractivity contribution in [1.82, 2.24) is 4.98 Å². The summed E-state index contributed by atoms with van der Waals surface area (Å²) >= 11 is 0.